The van der Waals surface area contributed by atoms with Gasteiger partial charge in [0.25, 0.3) is 0 Å². The van der Waals surface area contributed by atoms with Gasteiger partial charge in [0.1, 0.15) is 0 Å². The number of benzene rings is 3. The smallest absolute Gasteiger partial charge is 0.319 e. The van der Waals surface area contributed by atoms with Crippen LogP contribution in [0.1, 0.15) is 12.0 Å². The Labute approximate surface area is 174 Å². The number of sulfonamides is 1. The first kappa shape index (κ1) is 19.5. The van der Waals surface area contributed by atoms with Crippen LogP contribution in [0.4, 0.5) is 16.2 Å². The van der Waals surface area contributed by atoms with E-state index in [1.54, 1.807) is 18.2 Å². The molecule has 0 spiro atoms. The van der Waals surface area contributed by atoms with Gasteiger partial charge in [-0.2, -0.15) is 0 Å². The molecule has 29 heavy (non-hydrogen) atoms. The highest BCUT2D eigenvalue weighted by Crippen LogP contribution is 2.33. The summed E-state index contributed by atoms with van der Waals surface area (Å²) in [5, 5.41) is 8.12. The molecule has 1 aliphatic heterocycles. The van der Waals surface area contributed by atoms with E-state index in [4.69, 9.17) is 11.6 Å². The second-order valence-electron chi connectivity index (χ2n) is 6.85. The Morgan fingerprint density at radius 2 is 1.86 bits per heavy atom. The molecule has 3 aromatic rings. The van der Waals surface area contributed by atoms with Crippen LogP contribution in [0.2, 0.25) is 5.02 Å². The molecular formula is C21H20ClN3O3S. The minimum Gasteiger partial charge on any atom is -0.334 e. The zero-order valence-corrected chi connectivity index (χ0v) is 17.1. The first-order valence-electron chi connectivity index (χ1n) is 9.25. The van der Waals surface area contributed by atoms with Gasteiger partial charge in [0.15, 0.2) is 0 Å². The van der Waals surface area contributed by atoms with Crippen LogP contribution in [0.25, 0.3) is 10.8 Å². The number of carbonyl (C=O) groups is 1. The molecule has 1 heterocycles. The number of fused-ring (bicyclic) bond motifs is 1. The maximum atomic E-state index is 12.4. The molecule has 0 radical (unpaired) electrons. The van der Waals surface area contributed by atoms with Crippen molar-refractivity contribution in [2.45, 2.75) is 13.0 Å². The quantitative estimate of drug-likeness (QED) is 0.647. The van der Waals surface area contributed by atoms with Gasteiger partial charge in [-0.3, -0.25) is 4.31 Å². The van der Waals surface area contributed by atoms with Crippen molar-refractivity contribution in [3.63, 3.8) is 0 Å². The monoisotopic (exact) mass is 429 g/mol. The molecule has 0 saturated carbocycles. The van der Waals surface area contributed by atoms with Gasteiger partial charge in [0, 0.05) is 18.8 Å². The lowest BCUT2D eigenvalue weighted by molar-refractivity contribution is 0.252. The van der Waals surface area contributed by atoms with Crippen molar-refractivity contribution in [1.82, 2.24) is 5.32 Å². The Kier molecular flexibility index (Phi) is 5.34. The molecule has 0 atom stereocenters. The Hall–Kier alpha value is -2.77. The van der Waals surface area contributed by atoms with Crippen molar-refractivity contribution in [2.24, 2.45) is 0 Å². The zero-order valence-electron chi connectivity index (χ0n) is 15.6. The predicted octanol–water partition coefficient (Wildman–Crippen LogP) is 4.35. The first-order valence-corrected chi connectivity index (χ1v) is 11.2. The zero-order chi connectivity index (χ0) is 20.4. The Morgan fingerprint density at radius 1 is 1.07 bits per heavy atom. The summed E-state index contributed by atoms with van der Waals surface area (Å²) in [6.07, 6.45) is 0.557. The molecule has 1 fully saturated rings. The second kappa shape index (κ2) is 7.93. The molecule has 0 aliphatic carbocycles. The molecule has 2 N–H and O–H groups in total. The van der Waals surface area contributed by atoms with Crippen molar-refractivity contribution in [3.8, 4) is 0 Å². The number of urea groups is 1. The van der Waals surface area contributed by atoms with E-state index in [1.807, 2.05) is 42.5 Å². The first-order chi connectivity index (χ1) is 13.9. The third-order valence-corrected chi connectivity index (χ3v) is 7.07. The van der Waals surface area contributed by atoms with Crippen LogP contribution >= 0.6 is 11.6 Å². The van der Waals surface area contributed by atoms with Gasteiger partial charge >= 0.3 is 6.03 Å². The van der Waals surface area contributed by atoms with Crippen molar-refractivity contribution < 1.29 is 13.2 Å². The highest BCUT2D eigenvalue weighted by atomic mass is 35.5. The van der Waals surface area contributed by atoms with Crippen LogP contribution in [0.15, 0.2) is 60.7 Å². The Morgan fingerprint density at radius 3 is 2.66 bits per heavy atom. The standard InChI is InChI=1S/C21H20ClN3O3S/c22-19-10-9-17(13-20(19)25-11-4-12-29(25,27)28)24-21(26)23-14-16-7-3-6-15-5-1-2-8-18(15)16/h1-3,5-10,13H,4,11-12,14H2,(H2,23,24,26). The van der Waals surface area contributed by atoms with Crippen molar-refractivity contribution in [3.05, 3.63) is 71.2 Å². The summed E-state index contributed by atoms with van der Waals surface area (Å²) >= 11 is 6.20. The van der Waals surface area contributed by atoms with Gasteiger partial charge in [0.05, 0.1) is 16.5 Å². The van der Waals surface area contributed by atoms with Gasteiger partial charge < -0.3 is 10.6 Å². The fourth-order valence-electron chi connectivity index (χ4n) is 3.49. The topological polar surface area (TPSA) is 78.5 Å². The third kappa shape index (κ3) is 4.16. The van der Waals surface area contributed by atoms with Crippen LogP contribution < -0.4 is 14.9 Å². The molecular weight excluding hydrogens is 410 g/mol. The predicted molar refractivity (Wildman–Crippen MR) is 117 cm³/mol. The van der Waals surface area contributed by atoms with Crippen molar-refractivity contribution >= 4 is 49.8 Å². The largest absolute Gasteiger partial charge is 0.334 e. The molecule has 2 amide bonds. The van der Waals surface area contributed by atoms with Gasteiger partial charge in [-0.15, -0.1) is 0 Å². The maximum Gasteiger partial charge on any atom is 0.319 e. The molecule has 150 valence electrons. The van der Waals surface area contributed by atoms with Crippen LogP contribution in [0, 0.1) is 0 Å². The lowest BCUT2D eigenvalue weighted by Crippen LogP contribution is -2.29. The molecule has 0 unspecified atom stereocenters. The number of nitrogens with zero attached hydrogens (tertiary/aromatic N) is 1. The van der Waals surface area contributed by atoms with E-state index in [-0.39, 0.29) is 11.8 Å². The van der Waals surface area contributed by atoms with Crippen LogP contribution in [-0.4, -0.2) is 26.7 Å². The fourth-order valence-corrected chi connectivity index (χ4v) is 5.33. The van der Waals surface area contributed by atoms with E-state index in [2.05, 4.69) is 10.6 Å². The van der Waals surface area contributed by atoms with Gasteiger partial charge in [-0.05, 0) is 41.0 Å². The van der Waals surface area contributed by atoms with Crippen LogP contribution in [0.3, 0.4) is 0 Å². The number of halogens is 1. The van der Waals surface area contributed by atoms with Crippen LogP contribution in [-0.2, 0) is 16.6 Å². The van der Waals surface area contributed by atoms with Crippen molar-refractivity contribution in [1.29, 1.82) is 0 Å². The van der Waals surface area contributed by atoms with E-state index in [0.717, 1.165) is 16.3 Å². The number of hydrogen-bond acceptors (Lipinski definition) is 3. The van der Waals surface area contributed by atoms with Crippen molar-refractivity contribution in [2.75, 3.05) is 21.9 Å². The maximum absolute atomic E-state index is 12.4. The molecule has 3 aromatic carbocycles. The number of carbonyl (C=O) groups excluding carboxylic acids is 1. The number of nitrogens with one attached hydrogen (secondary N) is 2. The molecule has 4 rings (SSSR count). The average Bonchev–Trinajstić information content (AvgIpc) is 3.06. The normalized spacial score (nSPS) is 15.4. The molecule has 0 aromatic heterocycles. The van der Waals surface area contributed by atoms with E-state index in [0.29, 0.717) is 35.9 Å². The lowest BCUT2D eigenvalue weighted by atomic mass is 10.0. The summed E-state index contributed by atoms with van der Waals surface area (Å²) < 4.78 is 25.7. The second-order valence-corrected chi connectivity index (χ2v) is 9.27. The molecule has 1 aliphatic rings. The van der Waals surface area contributed by atoms with Crippen LogP contribution in [0.5, 0.6) is 0 Å². The summed E-state index contributed by atoms with van der Waals surface area (Å²) in [4.78, 5) is 12.4. The number of anilines is 2. The minimum absolute atomic E-state index is 0.104. The Bertz CT molecular complexity index is 1180. The molecule has 6 nitrogen and oxygen atoms in total. The fraction of sp³-hybridized carbons (Fsp3) is 0.190. The lowest BCUT2D eigenvalue weighted by Gasteiger charge is -2.19. The Balaban J connectivity index is 1.47. The summed E-state index contributed by atoms with van der Waals surface area (Å²) in [5.74, 6) is 0.104. The van der Waals surface area contributed by atoms with E-state index in [1.165, 1.54) is 4.31 Å². The van der Waals surface area contributed by atoms with E-state index in [9.17, 15) is 13.2 Å². The average molecular weight is 430 g/mol. The van der Waals surface area contributed by atoms with Gasteiger partial charge in [0.2, 0.25) is 10.0 Å². The van der Waals surface area contributed by atoms with Gasteiger partial charge in [-0.1, -0.05) is 54.1 Å². The summed E-state index contributed by atoms with van der Waals surface area (Å²) in [7, 11) is -3.35. The summed E-state index contributed by atoms with van der Waals surface area (Å²) in [6, 6.07) is 18.4. The summed E-state index contributed by atoms with van der Waals surface area (Å²) in [5.41, 5.74) is 1.87. The van der Waals surface area contributed by atoms with Gasteiger partial charge in [-0.25, -0.2) is 13.2 Å². The van der Waals surface area contributed by atoms with E-state index >= 15 is 0 Å². The van der Waals surface area contributed by atoms with E-state index < -0.39 is 10.0 Å². The molecule has 8 heteroatoms. The highest BCUT2D eigenvalue weighted by molar-refractivity contribution is 7.93. The number of amides is 2. The number of rotatable bonds is 4. The highest BCUT2D eigenvalue weighted by Gasteiger charge is 2.30. The molecule has 1 saturated heterocycles. The minimum atomic E-state index is -3.35. The third-order valence-electron chi connectivity index (χ3n) is 4.89. The number of hydrogen-bond donors (Lipinski definition) is 2. The SMILES string of the molecule is O=C(NCc1cccc2ccccc12)Nc1ccc(Cl)c(N2CCCS2(=O)=O)c1. The molecule has 0 bridgehead atoms. The summed E-state index contributed by atoms with van der Waals surface area (Å²) in [6.45, 7) is 0.757.